The lowest BCUT2D eigenvalue weighted by molar-refractivity contribution is -0.123. The predicted octanol–water partition coefficient (Wildman–Crippen LogP) is 5.21. The van der Waals surface area contributed by atoms with E-state index < -0.39 is 0 Å². The van der Waals surface area contributed by atoms with Crippen molar-refractivity contribution in [3.05, 3.63) is 29.3 Å². The molecule has 4 nitrogen and oxygen atoms in total. The zero-order chi connectivity index (χ0) is 19.3. The number of carbonyl (C=O) groups excluding carboxylic acids is 1. The minimum Gasteiger partial charge on any atom is -0.483 e. The number of hydrogen-bond donors (Lipinski definition) is 1. The van der Waals surface area contributed by atoms with Crippen LogP contribution in [0.1, 0.15) is 77.3 Å². The second-order valence-corrected chi connectivity index (χ2v) is 8.84. The molecule has 1 aliphatic carbocycles. The number of benzene rings is 1. The molecule has 144 valence electrons. The predicted molar refractivity (Wildman–Crippen MR) is 108 cm³/mol. The minimum atomic E-state index is -0.202. The van der Waals surface area contributed by atoms with Crippen molar-refractivity contribution < 1.29 is 9.53 Å². The van der Waals surface area contributed by atoms with E-state index in [1.165, 1.54) is 0 Å². The van der Waals surface area contributed by atoms with Crippen LogP contribution in [0.2, 0.25) is 0 Å². The summed E-state index contributed by atoms with van der Waals surface area (Å²) in [7, 11) is 0. The van der Waals surface area contributed by atoms with E-state index in [-0.39, 0.29) is 12.5 Å². The molecule has 0 aromatic heterocycles. The summed E-state index contributed by atoms with van der Waals surface area (Å²) in [6.45, 7) is 13.2. The summed E-state index contributed by atoms with van der Waals surface area (Å²) >= 11 is 0. The van der Waals surface area contributed by atoms with Gasteiger partial charge in [0.15, 0.2) is 6.61 Å². The van der Waals surface area contributed by atoms with E-state index in [0.29, 0.717) is 11.3 Å². The fourth-order valence-corrected chi connectivity index (χ4v) is 3.49. The molecule has 0 bridgehead atoms. The number of rotatable bonds is 5. The molecule has 1 aromatic carbocycles. The van der Waals surface area contributed by atoms with Gasteiger partial charge in [-0.15, -0.1) is 0 Å². The average molecular weight is 359 g/mol. The second-order valence-electron chi connectivity index (χ2n) is 8.84. The zero-order valence-corrected chi connectivity index (χ0v) is 17.2. The number of nitrogens with one attached hydrogen (secondary N) is 1. The molecular formula is C22H34N2O2. The largest absolute Gasteiger partial charge is 0.483 e. The molecule has 2 rings (SSSR count). The van der Waals surface area contributed by atoms with Crippen molar-refractivity contribution in [3.8, 4) is 5.75 Å². The summed E-state index contributed by atoms with van der Waals surface area (Å²) in [5.74, 6) is 1.67. The molecule has 0 saturated heterocycles. The normalized spacial score (nSPS) is 18.0. The Kier molecular flexibility index (Phi) is 6.85. The van der Waals surface area contributed by atoms with Crippen LogP contribution < -0.4 is 10.2 Å². The monoisotopic (exact) mass is 358 g/mol. The molecular weight excluding hydrogens is 324 g/mol. The molecule has 1 aliphatic rings. The Labute approximate surface area is 158 Å². The van der Waals surface area contributed by atoms with Gasteiger partial charge in [-0.2, -0.15) is 5.10 Å². The van der Waals surface area contributed by atoms with E-state index in [1.54, 1.807) is 0 Å². The molecule has 1 fully saturated rings. The Bertz CT molecular complexity index is 647. The zero-order valence-electron chi connectivity index (χ0n) is 17.2. The van der Waals surface area contributed by atoms with Crippen LogP contribution in [0.3, 0.4) is 0 Å². The van der Waals surface area contributed by atoms with Crippen LogP contribution in [0, 0.1) is 18.3 Å². The second kappa shape index (κ2) is 8.70. The van der Waals surface area contributed by atoms with Crippen LogP contribution in [0.15, 0.2) is 23.3 Å². The standard InChI is InChI=1S/C22H34N2O2/c1-15(2)19-12-7-16(3)13-20(19)26-14-21(25)24-23-18-10-8-17(9-11-18)22(4,5)6/h7,12-13,15,17H,8-11,14H2,1-6H3,(H,24,25). The van der Waals surface area contributed by atoms with Crippen molar-refractivity contribution in [2.45, 2.75) is 73.1 Å². The Morgan fingerprint density at radius 1 is 1.27 bits per heavy atom. The summed E-state index contributed by atoms with van der Waals surface area (Å²) in [5.41, 5.74) is 6.36. The van der Waals surface area contributed by atoms with Gasteiger partial charge in [0.1, 0.15) is 5.75 Å². The first kappa shape index (κ1) is 20.5. The minimum absolute atomic E-state index is 0.00936. The highest BCUT2D eigenvalue weighted by molar-refractivity contribution is 5.87. The molecule has 0 atom stereocenters. The topological polar surface area (TPSA) is 50.7 Å². The van der Waals surface area contributed by atoms with Crippen molar-refractivity contribution in [1.29, 1.82) is 0 Å². The van der Waals surface area contributed by atoms with Crippen LogP contribution in [0.5, 0.6) is 5.75 Å². The molecule has 26 heavy (non-hydrogen) atoms. The van der Waals surface area contributed by atoms with E-state index in [2.05, 4.69) is 57.3 Å². The lowest BCUT2D eigenvalue weighted by Crippen LogP contribution is -2.29. The third-order valence-electron chi connectivity index (χ3n) is 5.28. The maximum absolute atomic E-state index is 12.1. The molecule has 1 amide bonds. The molecule has 0 spiro atoms. The highest BCUT2D eigenvalue weighted by atomic mass is 16.5. The number of nitrogens with zero attached hydrogens (tertiary/aromatic N) is 1. The summed E-state index contributed by atoms with van der Waals surface area (Å²) in [5, 5.41) is 4.32. The molecule has 4 heteroatoms. The van der Waals surface area contributed by atoms with Crippen LogP contribution in [-0.2, 0) is 4.79 Å². The van der Waals surface area contributed by atoms with Gasteiger partial charge in [0, 0.05) is 5.71 Å². The maximum atomic E-state index is 12.1. The van der Waals surface area contributed by atoms with Crippen molar-refractivity contribution >= 4 is 11.6 Å². The molecule has 0 aliphatic heterocycles. The van der Waals surface area contributed by atoms with Crippen molar-refractivity contribution in [2.75, 3.05) is 6.61 Å². The number of ether oxygens (including phenoxy) is 1. The van der Waals surface area contributed by atoms with Gasteiger partial charge in [0.2, 0.25) is 0 Å². The van der Waals surface area contributed by atoms with Crippen molar-refractivity contribution in [1.82, 2.24) is 5.43 Å². The summed E-state index contributed by atoms with van der Waals surface area (Å²) in [6.07, 6.45) is 4.24. The van der Waals surface area contributed by atoms with Crippen molar-refractivity contribution in [3.63, 3.8) is 0 Å². The van der Waals surface area contributed by atoms with E-state index in [1.807, 2.05) is 13.0 Å². The van der Waals surface area contributed by atoms with Crippen LogP contribution in [-0.4, -0.2) is 18.2 Å². The first-order chi connectivity index (χ1) is 12.2. The lowest BCUT2D eigenvalue weighted by atomic mass is 9.72. The number of amides is 1. The van der Waals surface area contributed by atoms with Gasteiger partial charge in [0.05, 0.1) is 0 Å². The summed E-state index contributed by atoms with van der Waals surface area (Å²) in [4.78, 5) is 12.1. The Morgan fingerprint density at radius 3 is 2.50 bits per heavy atom. The molecule has 1 N–H and O–H groups in total. The Hall–Kier alpha value is -1.84. The SMILES string of the molecule is Cc1ccc(C(C)C)c(OCC(=O)NN=C2CCC(C(C)(C)C)CC2)c1. The van der Waals surface area contributed by atoms with E-state index in [4.69, 9.17) is 4.74 Å². The highest BCUT2D eigenvalue weighted by Gasteiger charge is 2.28. The third-order valence-corrected chi connectivity index (χ3v) is 5.28. The summed E-state index contributed by atoms with van der Waals surface area (Å²) in [6, 6.07) is 6.13. The highest BCUT2D eigenvalue weighted by Crippen LogP contribution is 2.36. The quantitative estimate of drug-likeness (QED) is 0.735. The van der Waals surface area contributed by atoms with Gasteiger partial charge < -0.3 is 4.74 Å². The molecule has 0 radical (unpaired) electrons. The van der Waals surface area contributed by atoms with Gasteiger partial charge in [-0.1, -0.05) is 46.8 Å². The summed E-state index contributed by atoms with van der Waals surface area (Å²) < 4.78 is 5.76. The Morgan fingerprint density at radius 2 is 1.92 bits per heavy atom. The molecule has 0 heterocycles. The number of aryl methyl sites for hydroxylation is 1. The fourth-order valence-electron chi connectivity index (χ4n) is 3.49. The maximum Gasteiger partial charge on any atom is 0.277 e. The number of carbonyl (C=O) groups is 1. The van der Waals surface area contributed by atoms with Gasteiger partial charge in [-0.3, -0.25) is 4.79 Å². The molecule has 1 saturated carbocycles. The van der Waals surface area contributed by atoms with Crippen molar-refractivity contribution in [2.24, 2.45) is 16.4 Å². The van der Waals surface area contributed by atoms with E-state index >= 15 is 0 Å². The number of hydrazone groups is 1. The average Bonchev–Trinajstić information content (AvgIpc) is 2.57. The third kappa shape index (κ3) is 5.86. The number of hydrogen-bond acceptors (Lipinski definition) is 3. The van der Waals surface area contributed by atoms with Crippen LogP contribution in [0.25, 0.3) is 0 Å². The fraction of sp³-hybridized carbons (Fsp3) is 0.636. The van der Waals surface area contributed by atoms with Gasteiger partial charge in [-0.05, 0) is 67.1 Å². The smallest absolute Gasteiger partial charge is 0.277 e. The van der Waals surface area contributed by atoms with E-state index in [9.17, 15) is 4.79 Å². The van der Waals surface area contributed by atoms with Crippen LogP contribution >= 0.6 is 0 Å². The van der Waals surface area contributed by atoms with Gasteiger partial charge in [-0.25, -0.2) is 5.43 Å². The van der Waals surface area contributed by atoms with Gasteiger partial charge >= 0.3 is 0 Å². The molecule has 1 aromatic rings. The van der Waals surface area contributed by atoms with Gasteiger partial charge in [0.25, 0.3) is 5.91 Å². The first-order valence-electron chi connectivity index (χ1n) is 9.74. The first-order valence-corrected chi connectivity index (χ1v) is 9.74. The van der Waals surface area contributed by atoms with Crippen LogP contribution in [0.4, 0.5) is 0 Å². The Balaban J connectivity index is 1.84. The molecule has 0 unspecified atom stereocenters. The lowest BCUT2D eigenvalue weighted by Gasteiger charge is -2.34. The van der Waals surface area contributed by atoms with E-state index in [0.717, 1.165) is 54.2 Å².